The maximum Gasteiger partial charge on any atom is 0.271 e. The molecule has 0 aliphatic rings. The molecule has 2 aromatic rings. The summed E-state index contributed by atoms with van der Waals surface area (Å²) in [6.45, 7) is 3.43. The van der Waals surface area contributed by atoms with Crippen molar-refractivity contribution in [2.45, 2.75) is 20.0 Å². The van der Waals surface area contributed by atoms with Gasteiger partial charge >= 0.3 is 0 Å². The molecule has 7 heteroatoms. The minimum atomic E-state index is -0.892. The lowest BCUT2D eigenvalue weighted by Crippen LogP contribution is -2.30. The number of aryl methyl sites for hydroxylation is 1. The maximum atomic E-state index is 13.6. The molecular weight excluding hydrogens is 303 g/mol. The van der Waals surface area contributed by atoms with Crippen LogP contribution < -0.4 is 10.1 Å². The molecule has 6 nitrogen and oxygen atoms in total. The number of amides is 1. The average molecular weight is 318 g/mol. The predicted octanol–water partition coefficient (Wildman–Crippen LogP) is 3.45. The van der Waals surface area contributed by atoms with E-state index >= 15 is 0 Å². The summed E-state index contributed by atoms with van der Waals surface area (Å²) in [4.78, 5) is 22.1. The molecule has 0 saturated carbocycles. The highest BCUT2D eigenvalue weighted by Gasteiger charge is 2.18. The Morgan fingerprint density at radius 2 is 1.91 bits per heavy atom. The molecule has 2 rings (SSSR count). The van der Waals surface area contributed by atoms with E-state index in [-0.39, 0.29) is 11.4 Å². The minimum absolute atomic E-state index is 0.261. The molecule has 1 amide bonds. The fourth-order valence-electron chi connectivity index (χ4n) is 1.83. The monoisotopic (exact) mass is 318 g/mol. The Morgan fingerprint density at radius 3 is 2.52 bits per heavy atom. The molecule has 0 saturated heterocycles. The third-order valence-corrected chi connectivity index (χ3v) is 3.12. The Kier molecular flexibility index (Phi) is 4.90. The molecule has 1 atom stereocenters. The number of hydrogen-bond acceptors (Lipinski definition) is 4. The first-order valence-electron chi connectivity index (χ1n) is 6.85. The molecule has 0 bridgehead atoms. The molecule has 0 aliphatic carbocycles. The number of non-ortho nitro benzene ring substituents is 1. The van der Waals surface area contributed by atoms with Gasteiger partial charge in [-0.2, -0.15) is 0 Å². The molecule has 0 fully saturated rings. The van der Waals surface area contributed by atoms with E-state index in [1.165, 1.54) is 6.92 Å². The number of ether oxygens (including phenoxy) is 1. The van der Waals surface area contributed by atoms with E-state index in [0.29, 0.717) is 5.75 Å². The number of anilines is 1. The summed E-state index contributed by atoms with van der Waals surface area (Å²) in [5, 5.41) is 13.0. The highest BCUT2D eigenvalue weighted by molar-refractivity contribution is 5.94. The van der Waals surface area contributed by atoms with Gasteiger partial charge in [-0.3, -0.25) is 14.9 Å². The van der Waals surface area contributed by atoms with Gasteiger partial charge in [0, 0.05) is 12.1 Å². The van der Waals surface area contributed by atoms with Crippen LogP contribution in [-0.4, -0.2) is 16.9 Å². The fourth-order valence-corrected chi connectivity index (χ4v) is 1.83. The van der Waals surface area contributed by atoms with Gasteiger partial charge in [0.2, 0.25) is 0 Å². The van der Waals surface area contributed by atoms with Crippen LogP contribution in [0.5, 0.6) is 5.75 Å². The number of carbonyl (C=O) groups excluding carboxylic acids is 1. The van der Waals surface area contributed by atoms with Crippen molar-refractivity contribution < 1.29 is 18.8 Å². The zero-order chi connectivity index (χ0) is 17.0. The van der Waals surface area contributed by atoms with Crippen LogP contribution in [0.3, 0.4) is 0 Å². The molecule has 1 unspecified atom stereocenters. The van der Waals surface area contributed by atoms with Gasteiger partial charge in [0.25, 0.3) is 11.6 Å². The van der Waals surface area contributed by atoms with E-state index in [1.807, 2.05) is 19.1 Å². The number of nitro groups is 1. The van der Waals surface area contributed by atoms with Crippen LogP contribution in [0.15, 0.2) is 42.5 Å². The number of hydrogen-bond donors (Lipinski definition) is 1. The zero-order valence-corrected chi connectivity index (χ0v) is 12.6. The SMILES string of the molecule is Cc1ccc(OC(C)C(=O)Nc2cc([N+](=O)[O-])ccc2F)cc1. The molecule has 1 N–H and O–H groups in total. The van der Waals surface area contributed by atoms with Crippen molar-refractivity contribution in [2.24, 2.45) is 0 Å². The standard InChI is InChI=1S/C16H15FN2O4/c1-10-3-6-13(7-4-10)23-11(2)16(20)18-15-9-12(19(21)22)5-8-14(15)17/h3-9,11H,1-2H3,(H,18,20). The van der Waals surface area contributed by atoms with E-state index in [0.717, 1.165) is 23.8 Å². The number of benzene rings is 2. The Morgan fingerprint density at radius 1 is 1.26 bits per heavy atom. The Hall–Kier alpha value is -2.96. The van der Waals surface area contributed by atoms with E-state index in [2.05, 4.69) is 5.32 Å². The topological polar surface area (TPSA) is 81.5 Å². The second-order valence-electron chi connectivity index (χ2n) is 4.98. The highest BCUT2D eigenvalue weighted by Crippen LogP contribution is 2.22. The third kappa shape index (κ3) is 4.26. The third-order valence-electron chi connectivity index (χ3n) is 3.12. The Labute approximate surface area is 132 Å². The summed E-state index contributed by atoms with van der Waals surface area (Å²) in [6, 6.07) is 10.0. The van der Waals surface area contributed by atoms with Gasteiger partial charge in [-0.05, 0) is 32.0 Å². The minimum Gasteiger partial charge on any atom is -0.481 e. The van der Waals surface area contributed by atoms with E-state index in [1.54, 1.807) is 12.1 Å². The van der Waals surface area contributed by atoms with Crippen molar-refractivity contribution in [1.82, 2.24) is 0 Å². The summed E-state index contributed by atoms with van der Waals surface area (Å²) in [6.07, 6.45) is -0.892. The summed E-state index contributed by atoms with van der Waals surface area (Å²) < 4.78 is 19.1. The van der Waals surface area contributed by atoms with Crippen LogP contribution in [0.4, 0.5) is 15.8 Å². The van der Waals surface area contributed by atoms with Crippen LogP contribution in [0.1, 0.15) is 12.5 Å². The predicted molar refractivity (Wildman–Crippen MR) is 83.0 cm³/mol. The molecule has 0 aromatic heterocycles. The number of nitro benzene ring substituents is 1. The van der Waals surface area contributed by atoms with Crippen molar-refractivity contribution in [3.05, 3.63) is 64.0 Å². The van der Waals surface area contributed by atoms with E-state index < -0.39 is 22.8 Å². The Bertz CT molecular complexity index is 731. The van der Waals surface area contributed by atoms with Crippen molar-refractivity contribution in [1.29, 1.82) is 0 Å². The number of carbonyl (C=O) groups is 1. The zero-order valence-electron chi connectivity index (χ0n) is 12.6. The fraction of sp³-hybridized carbons (Fsp3) is 0.188. The normalized spacial score (nSPS) is 11.6. The first-order valence-corrected chi connectivity index (χ1v) is 6.85. The van der Waals surface area contributed by atoms with Gasteiger partial charge in [-0.25, -0.2) is 4.39 Å². The Balaban J connectivity index is 2.07. The molecule has 2 aromatic carbocycles. The summed E-state index contributed by atoms with van der Waals surface area (Å²) in [7, 11) is 0. The van der Waals surface area contributed by atoms with Crippen LogP contribution in [0.25, 0.3) is 0 Å². The van der Waals surface area contributed by atoms with Crippen LogP contribution in [0.2, 0.25) is 0 Å². The van der Waals surface area contributed by atoms with Crippen LogP contribution in [-0.2, 0) is 4.79 Å². The maximum absolute atomic E-state index is 13.6. The summed E-state index contributed by atoms with van der Waals surface area (Å²) >= 11 is 0. The molecule has 0 radical (unpaired) electrons. The average Bonchev–Trinajstić information content (AvgIpc) is 2.51. The first kappa shape index (κ1) is 16.4. The van der Waals surface area contributed by atoms with Gasteiger partial charge in [-0.15, -0.1) is 0 Å². The second kappa shape index (κ2) is 6.87. The van der Waals surface area contributed by atoms with Gasteiger partial charge < -0.3 is 10.1 Å². The summed E-state index contributed by atoms with van der Waals surface area (Å²) in [5.74, 6) is -0.866. The van der Waals surface area contributed by atoms with Crippen molar-refractivity contribution in [3.8, 4) is 5.75 Å². The van der Waals surface area contributed by atoms with Crippen molar-refractivity contribution in [3.63, 3.8) is 0 Å². The summed E-state index contributed by atoms with van der Waals surface area (Å²) in [5.41, 5.74) is 0.477. The van der Waals surface area contributed by atoms with Gasteiger partial charge in [0.15, 0.2) is 6.10 Å². The lowest BCUT2D eigenvalue weighted by atomic mass is 10.2. The number of nitrogens with zero attached hydrogens (tertiary/aromatic N) is 1. The quantitative estimate of drug-likeness (QED) is 0.676. The van der Waals surface area contributed by atoms with Gasteiger partial charge in [0.05, 0.1) is 10.6 Å². The molecule has 0 aliphatic heterocycles. The lowest BCUT2D eigenvalue weighted by Gasteiger charge is -2.15. The largest absolute Gasteiger partial charge is 0.481 e. The van der Waals surface area contributed by atoms with Crippen molar-refractivity contribution in [2.75, 3.05) is 5.32 Å². The van der Waals surface area contributed by atoms with Gasteiger partial charge in [-0.1, -0.05) is 17.7 Å². The van der Waals surface area contributed by atoms with Crippen LogP contribution >= 0.6 is 0 Å². The van der Waals surface area contributed by atoms with Crippen molar-refractivity contribution >= 4 is 17.3 Å². The second-order valence-corrected chi connectivity index (χ2v) is 4.98. The molecule has 0 heterocycles. The molecular formula is C16H15FN2O4. The number of halogens is 1. The smallest absolute Gasteiger partial charge is 0.271 e. The van der Waals surface area contributed by atoms with Gasteiger partial charge in [0.1, 0.15) is 11.6 Å². The lowest BCUT2D eigenvalue weighted by molar-refractivity contribution is -0.384. The van der Waals surface area contributed by atoms with E-state index in [4.69, 9.17) is 4.74 Å². The highest BCUT2D eigenvalue weighted by atomic mass is 19.1. The number of rotatable bonds is 5. The molecule has 120 valence electrons. The molecule has 23 heavy (non-hydrogen) atoms. The first-order chi connectivity index (χ1) is 10.9. The number of nitrogens with one attached hydrogen (secondary N) is 1. The van der Waals surface area contributed by atoms with Crippen LogP contribution in [0, 0.1) is 22.9 Å². The van der Waals surface area contributed by atoms with E-state index in [9.17, 15) is 19.3 Å². The molecule has 0 spiro atoms.